The van der Waals surface area contributed by atoms with E-state index in [-0.39, 0.29) is 18.4 Å². The average molecular weight is 371 g/mol. The molecular formula is C19H25N5O3. The molecule has 3 N–H and O–H groups in total. The first-order chi connectivity index (χ1) is 13.1. The molecule has 144 valence electrons. The number of hydrogen-bond donors (Lipinski definition) is 3. The van der Waals surface area contributed by atoms with Crippen LogP contribution >= 0.6 is 0 Å². The van der Waals surface area contributed by atoms with Gasteiger partial charge in [-0.2, -0.15) is 5.10 Å². The monoisotopic (exact) mass is 371 g/mol. The van der Waals surface area contributed by atoms with Crippen LogP contribution in [0.4, 0.5) is 0 Å². The van der Waals surface area contributed by atoms with Crippen LogP contribution < -0.4 is 20.7 Å². The molecule has 1 fully saturated rings. The van der Waals surface area contributed by atoms with E-state index in [2.05, 4.69) is 21.0 Å². The Morgan fingerprint density at radius 2 is 1.96 bits per heavy atom. The van der Waals surface area contributed by atoms with Crippen molar-refractivity contribution in [1.82, 2.24) is 25.7 Å². The number of aromatic nitrogens is 2. The van der Waals surface area contributed by atoms with Gasteiger partial charge in [-0.15, -0.1) is 0 Å². The summed E-state index contributed by atoms with van der Waals surface area (Å²) in [7, 11) is 1.61. The Hall–Kier alpha value is -2.87. The molecule has 0 unspecified atom stereocenters. The first-order valence-corrected chi connectivity index (χ1v) is 9.03. The molecule has 2 amide bonds. The minimum Gasteiger partial charge on any atom is -0.497 e. The minimum absolute atomic E-state index is 0.0641. The fourth-order valence-corrected chi connectivity index (χ4v) is 3.25. The Morgan fingerprint density at radius 1 is 1.22 bits per heavy atom. The van der Waals surface area contributed by atoms with E-state index < -0.39 is 5.54 Å². The Kier molecular flexibility index (Phi) is 6.08. The highest BCUT2D eigenvalue weighted by Gasteiger charge is 2.41. The Morgan fingerprint density at radius 3 is 2.59 bits per heavy atom. The fraction of sp³-hybridized carbons (Fsp3) is 0.421. The Bertz CT molecular complexity index is 752. The van der Waals surface area contributed by atoms with Gasteiger partial charge in [0.1, 0.15) is 11.3 Å². The van der Waals surface area contributed by atoms with Gasteiger partial charge in [0.15, 0.2) is 0 Å². The van der Waals surface area contributed by atoms with E-state index in [1.807, 2.05) is 24.3 Å². The summed E-state index contributed by atoms with van der Waals surface area (Å²) in [5.41, 5.74) is 0.215. The van der Waals surface area contributed by atoms with Gasteiger partial charge < -0.3 is 20.7 Å². The van der Waals surface area contributed by atoms with Gasteiger partial charge in [-0.3, -0.25) is 14.3 Å². The van der Waals surface area contributed by atoms with Crippen LogP contribution in [0.3, 0.4) is 0 Å². The largest absolute Gasteiger partial charge is 0.497 e. The summed E-state index contributed by atoms with van der Waals surface area (Å²) in [6.45, 7) is 1.80. The van der Waals surface area contributed by atoms with E-state index in [0.29, 0.717) is 19.4 Å². The van der Waals surface area contributed by atoms with Crippen molar-refractivity contribution in [2.75, 3.05) is 26.7 Å². The first kappa shape index (κ1) is 18.9. The van der Waals surface area contributed by atoms with Crippen LogP contribution in [-0.4, -0.2) is 48.3 Å². The van der Waals surface area contributed by atoms with E-state index in [1.54, 1.807) is 30.3 Å². The molecule has 0 aliphatic carbocycles. The second-order valence-corrected chi connectivity index (χ2v) is 6.54. The third-order valence-corrected chi connectivity index (χ3v) is 4.85. The minimum atomic E-state index is -0.745. The van der Waals surface area contributed by atoms with Crippen molar-refractivity contribution in [3.8, 4) is 5.75 Å². The van der Waals surface area contributed by atoms with Gasteiger partial charge in [0.05, 0.1) is 13.7 Å². The lowest BCUT2D eigenvalue weighted by atomic mass is 9.87. The number of benzene rings is 1. The molecule has 2 aromatic rings. The summed E-state index contributed by atoms with van der Waals surface area (Å²) in [5.74, 6) is 0.360. The van der Waals surface area contributed by atoms with Gasteiger partial charge >= 0.3 is 0 Å². The van der Waals surface area contributed by atoms with Crippen molar-refractivity contribution < 1.29 is 14.3 Å². The molecule has 0 radical (unpaired) electrons. The highest BCUT2D eigenvalue weighted by atomic mass is 16.5. The number of methoxy groups -OCH3 is 1. The molecule has 0 saturated carbocycles. The van der Waals surface area contributed by atoms with Gasteiger partial charge in [0.2, 0.25) is 11.8 Å². The fourth-order valence-electron chi connectivity index (χ4n) is 3.25. The van der Waals surface area contributed by atoms with E-state index in [0.717, 1.165) is 24.4 Å². The number of nitrogens with one attached hydrogen (secondary N) is 3. The molecule has 0 bridgehead atoms. The van der Waals surface area contributed by atoms with Crippen LogP contribution in [0.1, 0.15) is 18.4 Å². The van der Waals surface area contributed by atoms with E-state index >= 15 is 0 Å². The molecule has 0 atom stereocenters. The predicted molar refractivity (Wildman–Crippen MR) is 100 cm³/mol. The lowest BCUT2D eigenvalue weighted by Crippen LogP contribution is -2.55. The topological polar surface area (TPSA) is 97.3 Å². The molecule has 1 aliphatic rings. The van der Waals surface area contributed by atoms with Crippen LogP contribution in [0.2, 0.25) is 0 Å². The van der Waals surface area contributed by atoms with Crippen molar-refractivity contribution in [1.29, 1.82) is 0 Å². The van der Waals surface area contributed by atoms with Gasteiger partial charge in [0.25, 0.3) is 0 Å². The summed E-state index contributed by atoms with van der Waals surface area (Å²) in [4.78, 5) is 25.0. The average Bonchev–Trinajstić information content (AvgIpc) is 3.26. The molecule has 1 aromatic carbocycles. The number of nitrogens with zero attached hydrogens (tertiary/aromatic N) is 2. The van der Waals surface area contributed by atoms with Crippen molar-refractivity contribution in [2.24, 2.45) is 0 Å². The van der Waals surface area contributed by atoms with Crippen molar-refractivity contribution in [3.05, 3.63) is 48.3 Å². The number of piperidine rings is 1. The molecule has 8 heteroatoms. The van der Waals surface area contributed by atoms with Crippen molar-refractivity contribution >= 4 is 11.8 Å². The molecule has 27 heavy (non-hydrogen) atoms. The number of amides is 2. The maximum atomic E-state index is 12.9. The van der Waals surface area contributed by atoms with Crippen molar-refractivity contribution in [3.63, 3.8) is 0 Å². The Labute approximate surface area is 158 Å². The summed E-state index contributed by atoms with van der Waals surface area (Å²) in [5, 5.41) is 13.1. The highest BCUT2D eigenvalue weighted by Crippen LogP contribution is 2.27. The van der Waals surface area contributed by atoms with Gasteiger partial charge in [-0.25, -0.2) is 0 Å². The van der Waals surface area contributed by atoms with Gasteiger partial charge in [0, 0.05) is 18.9 Å². The maximum Gasteiger partial charge on any atom is 0.248 e. The molecule has 2 heterocycles. The van der Waals surface area contributed by atoms with Crippen LogP contribution in [-0.2, 0) is 21.7 Å². The zero-order valence-corrected chi connectivity index (χ0v) is 15.4. The number of carbonyl (C=O) groups excluding carboxylic acids is 2. The number of hydrogen-bond acceptors (Lipinski definition) is 5. The maximum absolute atomic E-state index is 12.9. The molecular weight excluding hydrogens is 346 g/mol. The van der Waals surface area contributed by atoms with Gasteiger partial charge in [-0.1, -0.05) is 12.1 Å². The smallest absolute Gasteiger partial charge is 0.248 e. The van der Waals surface area contributed by atoms with Crippen LogP contribution in [0.15, 0.2) is 42.7 Å². The first-order valence-electron chi connectivity index (χ1n) is 9.03. The molecule has 1 aromatic heterocycles. The van der Waals surface area contributed by atoms with Gasteiger partial charge in [-0.05, 0) is 49.7 Å². The molecule has 0 spiro atoms. The zero-order chi connectivity index (χ0) is 19.1. The summed E-state index contributed by atoms with van der Waals surface area (Å²) in [6.07, 6.45) is 4.73. The SMILES string of the molecule is COc1ccc(CNC(=O)CNC(=O)C2(n3cccn3)CCNCC2)cc1. The number of rotatable bonds is 7. The lowest BCUT2D eigenvalue weighted by molar-refractivity contribution is -0.134. The summed E-state index contributed by atoms with van der Waals surface area (Å²) in [6, 6.07) is 9.26. The summed E-state index contributed by atoms with van der Waals surface area (Å²) < 4.78 is 6.82. The summed E-state index contributed by atoms with van der Waals surface area (Å²) >= 11 is 0. The normalized spacial score (nSPS) is 15.7. The second kappa shape index (κ2) is 8.68. The third kappa shape index (κ3) is 4.46. The second-order valence-electron chi connectivity index (χ2n) is 6.54. The number of carbonyl (C=O) groups is 2. The zero-order valence-electron chi connectivity index (χ0n) is 15.4. The third-order valence-electron chi connectivity index (χ3n) is 4.85. The molecule has 1 saturated heterocycles. The molecule has 3 rings (SSSR count). The van der Waals surface area contributed by atoms with Crippen LogP contribution in [0.5, 0.6) is 5.75 Å². The lowest BCUT2D eigenvalue weighted by Gasteiger charge is -2.36. The van der Waals surface area contributed by atoms with Crippen molar-refractivity contribution in [2.45, 2.75) is 24.9 Å². The number of ether oxygens (including phenoxy) is 1. The quantitative estimate of drug-likeness (QED) is 0.655. The molecule has 1 aliphatic heterocycles. The van der Waals surface area contributed by atoms with Crippen LogP contribution in [0.25, 0.3) is 0 Å². The van der Waals surface area contributed by atoms with E-state index in [1.165, 1.54) is 0 Å². The van der Waals surface area contributed by atoms with Crippen LogP contribution in [0, 0.1) is 0 Å². The Balaban J connectivity index is 1.53. The van der Waals surface area contributed by atoms with E-state index in [9.17, 15) is 9.59 Å². The molecule has 8 nitrogen and oxygen atoms in total. The highest BCUT2D eigenvalue weighted by molar-refractivity contribution is 5.89. The standard InChI is InChI=1S/C19H25N5O3/c1-27-16-5-3-15(4-6-16)13-21-17(25)14-22-18(26)19(7-10-20-11-8-19)24-12-2-9-23-24/h2-6,9,12,20H,7-8,10-11,13-14H2,1H3,(H,21,25)(H,22,26). The predicted octanol–water partition coefficient (Wildman–Crippen LogP) is 0.403. The van der Waals surface area contributed by atoms with E-state index in [4.69, 9.17) is 4.74 Å².